The van der Waals surface area contributed by atoms with Crippen LogP contribution in [0.25, 0.3) is 0 Å². The van der Waals surface area contributed by atoms with Crippen molar-refractivity contribution in [2.45, 2.75) is 31.2 Å². The number of benzene rings is 1. The van der Waals surface area contributed by atoms with Crippen LogP contribution in [0.1, 0.15) is 48.0 Å². The van der Waals surface area contributed by atoms with Gasteiger partial charge in [0.15, 0.2) is 0 Å². The first-order chi connectivity index (χ1) is 9.38. The molecule has 1 aliphatic rings. The number of nitrogens with zero attached hydrogens (tertiary/aromatic N) is 2. The lowest BCUT2D eigenvalue weighted by atomic mass is 9.79. The highest BCUT2D eigenvalue weighted by molar-refractivity contribution is 5.33. The first-order valence-corrected chi connectivity index (χ1v) is 6.70. The minimum Gasteiger partial charge on any atom is -0.271 e. The number of aromatic nitrogens is 2. The van der Waals surface area contributed by atoms with Gasteiger partial charge in [0.05, 0.1) is 11.7 Å². The summed E-state index contributed by atoms with van der Waals surface area (Å²) in [5.41, 5.74) is 6.31. The zero-order valence-corrected chi connectivity index (χ0v) is 10.8. The molecule has 1 atom stereocenters. The van der Waals surface area contributed by atoms with E-state index in [4.69, 9.17) is 5.84 Å². The number of nitrogens with one attached hydrogen (secondary N) is 1. The molecule has 0 saturated heterocycles. The van der Waals surface area contributed by atoms with Gasteiger partial charge in [0.2, 0.25) is 0 Å². The van der Waals surface area contributed by atoms with E-state index in [2.05, 4.69) is 39.7 Å². The molecule has 3 rings (SSSR count). The Morgan fingerprint density at radius 2 is 2.16 bits per heavy atom. The van der Waals surface area contributed by atoms with E-state index in [9.17, 15) is 0 Å². The molecule has 0 amide bonds. The van der Waals surface area contributed by atoms with E-state index in [-0.39, 0.29) is 6.04 Å². The number of hydrazine groups is 1. The highest BCUT2D eigenvalue weighted by atomic mass is 15.2. The van der Waals surface area contributed by atoms with E-state index in [1.54, 1.807) is 12.5 Å². The number of nitrogens with two attached hydrogens (primary N) is 1. The predicted octanol–water partition coefficient (Wildman–Crippen LogP) is 2.30. The lowest BCUT2D eigenvalue weighted by molar-refractivity contribution is 0.419. The van der Waals surface area contributed by atoms with Gasteiger partial charge in [0.1, 0.15) is 6.33 Å². The lowest BCUT2D eigenvalue weighted by Crippen LogP contribution is -2.29. The molecule has 4 nitrogen and oxygen atoms in total. The first kappa shape index (κ1) is 12.3. The van der Waals surface area contributed by atoms with Gasteiger partial charge in [-0.25, -0.2) is 15.4 Å². The molecular formula is C15H18N4. The molecule has 0 spiro atoms. The maximum atomic E-state index is 5.70. The monoisotopic (exact) mass is 254 g/mol. The van der Waals surface area contributed by atoms with Crippen LogP contribution in [0.5, 0.6) is 0 Å². The fraction of sp³-hybridized carbons (Fsp3) is 0.333. The van der Waals surface area contributed by atoms with E-state index >= 15 is 0 Å². The Hall–Kier alpha value is -1.78. The molecule has 0 aliphatic heterocycles. The van der Waals surface area contributed by atoms with Crippen LogP contribution in [0.2, 0.25) is 0 Å². The Morgan fingerprint density at radius 3 is 2.79 bits per heavy atom. The van der Waals surface area contributed by atoms with E-state index in [1.165, 1.54) is 24.8 Å². The molecule has 1 aromatic heterocycles. The third-order valence-corrected chi connectivity index (χ3v) is 3.89. The fourth-order valence-electron chi connectivity index (χ4n) is 2.56. The normalized spacial score (nSPS) is 16.9. The van der Waals surface area contributed by atoms with Crippen molar-refractivity contribution in [3.05, 3.63) is 59.7 Å². The van der Waals surface area contributed by atoms with Crippen LogP contribution in [-0.4, -0.2) is 9.97 Å². The summed E-state index contributed by atoms with van der Waals surface area (Å²) in [7, 11) is 0. The molecule has 2 aromatic rings. The molecule has 98 valence electrons. The first-order valence-electron chi connectivity index (χ1n) is 6.70. The Bertz CT molecular complexity index is 537. The van der Waals surface area contributed by atoms with Crippen molar-refractivity contribution in [1.29, 1.82) is 0 Å². The third-order valence-electron chi connectivity index (χ3n) is 3.89. The van der Waals surface area contributed by atoms with Gasteiger partial charge in [0, 0.05) is 6.20 Å². The molecule has 0 radical (unpaired) electrons. The quantitative estimate of drug-likeness (QED) is 0.649. The van der Waals surface area contributed by atoms with Crippen molar-refractivity contribution in [2.24, 2.45) is 5.84 Å². The van der Waals surface area contributed by atoms with Gasteiger partial charge < -0.3 is 0 Å². The molecule has 1 unspecified atom stereocenters. The van der Waals surface area contributed by atoms with Crippen LogP contribution in [0.4, 0.5) is 0 Å². The average molecular weight is 254 g/mol. The molecule has 1 heterocycles. The van der Waals surface area contributed by atoms with Crippen molar-refractivity contribution in [1.82, 2.24) is 15.4 Å². The van der Waals surface area contributed by atoms with Crippen LogP contribution in [0, 0.1) is 0 Å². The van der Waals surface area contributed by atoms with Gasteiger partial charge >= 0.3 is 0 Å². The summed E-state index contributed by atoms with van der Waals surface area (Å²) in [6.07, 6.45) is 7.24. The molecule has 0 bridgehead atoms. The van der Waals surface area contributed by atoms with Gasteiger partial charge in [-0.05, 0) is 36.0 Å². The highest BCUT2D eigenvalue weighted by Gasteiger charge is 2.21. The molecular weight excluding hydrogens is 236 g/mol. The highest BCUT2D eigenvalue weighted by Crippen LogP contribution is 2.37. The van der Waals surface area contributed by atoms with Crippen LogP contribution >= 0.6 is 0 Å². The Morgan fingerprint density at radius 1 is 1.26 bits per heavy atom. The van der Waals surface area contributed by atoms with Gasteiger partial charge in [-0.1, -0.05) is 30.7 Å². The van der Waals surface area contributed by atoms with E-state index < -0.39 is 0 Å². The molecule has 3 N–H and O–H groups in total. The van der Waals surface area contributed by atoms with Crippen molar-refractivity contribution < 1.29 is 0 Å². The standard InChI is InChI=1S/C15H18N4/c16-19-15(14-7-8-17-10-18-14)13-6-2-5-12(9-13)11-3-1-4-11/h2,5-11,15,19H,1,3-4,16H2. The molecule has 1 saturated carbocycles. The fourth-order valence-corrected chi connectivity index (χ4v) is 2.56. The maximum absolute atomic E-state index is 5.70. The number of hydrogen-bond donors (Lipinski definition) is 2. The number of hydrogen-bond acceptors (Lipinski definition) is 4. The summed E-state index contributed by atoms with van der Waals surface area (Å²) in [5.74, 6) is 6.42. The van der Waals surface area contributed by atoms with E-state index in [0.717, 1.165) is 17.2 Å². The van der Waals surface area contributed by atoms with Crippen LogP contribution in [0.15, 0.2) is 42.9 Å². The molecule has 1 aromatic carbocycles. The summed E-state index contributed by atoms with van der Waals surface area (Å²) < 4.78 is 0. The van der Waals surface area contributed by atoms with E-state index in [0.29, 0.717) is 0 Å². The minimum atomic E-state index is -0.0805. The number of rotatable bonds is 4. The zero-order chi connectivity index (χ0) is 13.1. The van der Waals surface area contributed by atoms with Crippen LogP contribution < -0.4 is 11.3 Å². The van der Waals surface area contributed by atoms with Gasteiger partial charge in [-0.2, -0.15) is 0 Å². The van der Waals surface area contributed by atoms with E-state index in [1.807, 2.05) is 6.07 Å². The SMILES string of the molecule is NNC(c1cccc(C2CCC2)c1)c1ccncn1. The Balaban J connectivity index is 1.91. The van der Waals surface area contributed by atoms with Crippen molar-refractivity contribution >= 4 is 0 Å². The summed E-state index contributed by atoms with van der Waals surface area (Å²) in [4.78, 5) is 8.23. The molecule has 1 aliphatic carbocycles. The van der Waals surface area contributed by atoms with Gasteiger partial charge in [-0.15, -0.1) is 0 Å². The van der Waals surface area contributed by atoms with Gasteiger partial charge in [0.25, 0.3) is 0 Å². The van der Waals surface area contributed by atoms with Crippen LogP contribution in [-0.2, 0) is 0 Å². The second kappa shape index (κ2) is 5.47. The largest absolute Gasteiger partial charge is 0.271 e. The topological polar surface area (TPSA) is 63.8 Å². The second-order valence-corrected chi connectivity index (χ2v) is 5.03. The van der Waals surface area contributed by atoms with Crippen molar-refractivity contribution in [2.75, 3.05) is 0 Å². The summed E-state index contributed by atoms with van der Waals surface area (Å²) in [5, 5.41) is 0. The Labute approximate surface area is 113 Å². The lowest BCUT2D eigenvalue weighted by Gasteiger charge is -2.27. The summed E-state index contributed by atoms with van der Waals surface area (Å²) in [6, 6.07) is 10.5. The van der Waals surface area contributed by atoms with Crippen molar-refractivity contribution in [3.63, 3.8) is 0 Å². The summed E-state index contributed by atoms with van der Waals surface area (Å²) >= 11 is 0. The predicted molar refractivity (Wildman–Crippen MR) is 74.2 cm³/mol. The molecule has 1 fully saturated rings. The molecule has 4 heteroatoms. The Kier molecular flexibility index (Phi) is 3.53. The van der Waals surface area contributed by atoms with Gasteiger partial charge in [-0.3, -0.25) is 5.84 Å². The minimum absolute atomic E-state index is 0.0805. The zero-order valence-electron chi connectivity index (χ0n) is 10.8. The molecule has 19 heavy (non-hydrogen) atoms. The summed E-state index contributed by atoms with van der Waals surface area (Å²) in [6.45, 7) is 0. The smallest absolute Gasteiger partial charge is 0.115 e. The average Bonchev–Trinajstić information content (AvgIpc) is 2.39. The van der Waals surface area contributed by atoms with Crippen molar-refractivity contribution in [3.8, 4) is 0 Å². The third kappa shape index (κ3) is 2.50. The van der Waals surface area contributed by atoms with Crippen LogP contribution in [0.3, 0.4) is 0 Å². The second-order valence-electron chi connectivity index (χ2n) is 5.03. The maximum Gasteiger partial charge on any atom is 0.115 e.